The number of carboxylic acids is 1. The average molecular weight is 392 g/mol. The number of rotatable bonds is 9. The summed E-state index contributed by atoms with van der Waals surface area (Å²) < 4.78 is 16.6. The highest BCUT2D eigenvalue weighted by atomic mass is 16.6. The Morgan fingerprint density at radius 3 is 2.89 bits per heavy atom. The van der Waals surface area contributed by atoms with Gasteiger partial charge in [-0.1, -0.05) is 12.1 Å². The Morgan fingerprint density at radius 1 is 1.32 bits per heavy atom. The Balaban J connectivity index is 1.58. The quantitative estimate of drug-likeness (QED) is 0.620. The summed E-state index contributed by atoms with van der Waals surface area (Å²) in [5.74, 6) is -0.0410. The zero-order chi connectivity index (χ0) is 20.1. The molecule has 0 aromatic heterocycles. The number of carbonyl (C=O) groups is 2. The lowest BCUT2D eigenvalue weighted by atomic mass is 9.74. The van der Waals surface area contributed by atoms with Crippen LogP contribution in [-0.2, 0) is 31.9 Å². The maximum absolute atomic E-state index is 11.7. The van der Waals surface area contributed by atoms with Crippen molar-refractivity contribution in [2.75, 3.05) is 19.8 Å². The molecule has 4 atom stereocenters. The van der Waals surface area contributed by atoms with Crippen LogP contribution in [0.2, 0.25) is 0 Å². The molecule has 7 nitrogen and oxygen atoms in total. The molecule has 0 spiro atoms. The first-order valence-electron chi connectivity index (χ1n) is 9.84. The van der Waals surface area contributed by atoms with Gasteiger partial charge in [0.15, 0.2) is 6.61 Å². The van der Waals surface area contributed by atoms with Crippen molar-refractivity contribution >= 4 is 11.9 Å². The van der Waals surface area contributed by atoms with Gasteiger partial charge in [-0.05, 0) is 61.6 Å². The molecule has 1 aliphatic carbocycles. The van der Waals surface area contributed by atoms with Crippen molar-refractivity contribution in [1.29, 1.82) is 0 Å². The highest BCUT2D eigenvalue weighted by Crippen LogP contribution is 2.42. The van der Waals surface area contributed by atoms with Gasteiger partial charge in [0.25, 0.3) is 0 Å². The van der Waals surface area contributed by atoms with Gasteiger partial charge < -0.3 is 24.4 Å². The van der Waals surface area contributed by atoms with E-state index >= 15 is 0 Å². The number of hydrogen-bond donors (Lipinski definition) is 2. The van der Waals surface area contributed by atoms with Gasteiger partial charge in [0.2, 0.25) is 0 Å². The van der Waals surface area contributed by atoms with Crippen LogP contribution in [0.1, 0.15) is 37.3 Å². The van der Waals surface area contributed by atoms with Crippen molar-refractivity contribution in [3.05, 3.63) is 29.3 Å². The minimum absolute atomic E-state index is 0.153. The van der Waals surface area contributed by atoms with Crippen molar-refractivity contribution in [2.24, 2.45) is 11.8 Å². The third-order valence-electron chi connectivity index (χ3n) is 5.55. The van der Waals surface area contributed by atoms with Crippen molar-refractivity contribution in [1.82, 2.24) is 0 Å². The Kier molecular flexibility index (Phi) is 6.91. The average Bonchev–Trinajstić information content (AvgIpc) is 3.04. The molecule has 1 fully saturated rings. The smallest absolute Gasteiger partial charge is 0.344 e. The molecule has 2 aliphatic rings. The van der Waals surface area contributed by atoms with E-state index in [0.717, 1.165) is 31.2 Å². The minimum Gasteiger partial charge on any atom is -0.482 e. The largest absolute Gasteiger partial charge is 0.482 e. The fourth-order valence-corrected chi connectivity index (χ4v) is 4.13. The number of hydrogen-bond acceptors (Lipinski definition) is 6. The Bertz CT molecular complexity index is 700. The molecule has 7 heteroatoms. The first-order valence-corrected chi connectivity index (χ1v) is 9.84. The van der Waals surface area contributed by atoms with E-state index in [-0.39, 0.29) is 31.8 Å². The van der Waals surface area contributed by atoms with Gasteiger partial charge in [-0.15, -0.1) is 0 Å². The zero-order valence-electron chi connectivity index (χ0n) is 16.1. The molecule has 0 radical (unpaired) electrons. The van der Waals surface area contributed by atoms with Gasteiger partial charge >= 0.3 is 11.9 Å². The lowest BCUT2D eigenvalue weighted by molar-refractivity contribution is -0.148. The maximum atomic E-state index is 11.7. The monoisotopic (exact) mass is 392 g/mol. The Morgan fingerprint density at radius 2 is 2.14 bits per heavy atom. The fraction of sp³-hybridized carbons (Fsp3) is 0.619. The van der Waals surface area contributed by atoms with E-state index in [9.17, 15) is 14.7 Å². The maximum Gasteiger partial charge on any atom is 0.344 e. The molecule has 1 aromatic carbocycles. The summed E-state index contributed by atoms with van der Waals surface area (Å²) in [4.78, 5) is 22.2. The van der Waals surface area contributed by atoms with Crippen LogP contribution < -0.4 is 4.74 Å². The van der Waals surface area contributed by atoms with E-state index in [2.05, 4.69) is 6.07 Å². The van der Waals surface area contributed by atoms with Crippen LogP contribution in [0.15, 0.2) is 18.2 Å². The second kappa shape index (κ2) is 9.39. The molecular weight excluding hydrogens is 364 g/mol. The second-order valence-electron chi connectivity index (χ2n) is 7.68. The number of fused-ring (bicyclic) bond motifs is 2. The van der Waals surface area contributed by atoms with Gasteiger partial charge in [-0.25, -0.2) is 4.79 Å². The third kappa shape index (κ3) is 5.23. The van der Waals surface area contributed by atoms with Crippen molar-refractivity contribution in [3.63, 3.8) is 0 Å². The fourth-order valence-electron chi connectivity index (χ4n) is 4.13. The van der Waals surface area contributed by atoms with Gasteiger partial charge in [-0.3, -0.25) is 4.79 Å². The summed E-state index contributed by atoms with van der Waals surface area (Å²) in [6.07, 6.45) is 3.02. The first-order chi connectivity index (χ1) is 13.4. The molecule has 4 unspecified atom stereocenters. The van der Waals surface area contributed by atoms with Crippen LogP contribution in [-0.4, -0.2) is 54.2 Å². The standard InChI is InChI=1S/C21H28O7/c1-13(22)5-6-19-17-9-14-3-2-4-18(16(14)10-15(17)11-27-19)28-12-21(25)26-8-7-20(23)24/h2-4,13,15,17,19,22H,5-12H2,1H3,(H,23,24). The number of esters is 1. The number of ether oxygens (including phenoxy) is 3. The molecule has 3 rings (SSSR count). The van der Waals surface area contributed by atoms with Crippen molar-refractivity contribution < 1.29 is 34.0 Å². The summed E-state index contributed by atoms with van der Waals surface area (Å²) >= 11 is 0. The van der Waals surface area contributed by atoms with E-state index in [1.165, 1.54) is 5.56 Å². The second-order valence-corrected chi connectivity index (χ2v) is 7.68. The van der Waals surface area contributed by atoms with Gasteiger partial charge in [0, 0.05) is 0 Å². The van der Waals surface area contributed by atoms with E-state index in [0.29, 0.717) is 24.2 Å². The van der Waals surface area contributed by atoms with E-state index in [1.807, 2.05) is 12.1 Å². The summed E-state index contributed by atoms with van der Waals surface area (Å²) in [6, 6.07) is 5.86. The first kappa shape index (κ1) is 20.6. The highest BCUT2D eigenvalue weighted by molar-refractivity contribution is 5.72. The summed E-state index contributed by atoms with van der Waals surface area (Å²) in [7, 11) is 0. The SMILES string of the molecule is CC(O)CCC1OCC2Cc3c(cccc3OCC(=O)OCCC(=O)O)CC21. The van der Waals surface area contributed by atoms with Crippen LogP contribution in [0, 0.1) is 11.8 Å². The third-order valence-corrected chi connectivity index (χ3v) is 5.55. The van der Waals surface area contributed by atoms with Gasteiger partial charge in [0.05, 0.1) is 25.2 Å². The minimum atomic E-state index is -1.01. The summed E-state index contributed by atoms with van der Waals surface area (Å²) in [5.41, 5.74) is 2.33. The number of carboxylic acid groups (broad SMARTS) is 1. The predicted molar refractivity (Wildman–Crippen MR) is 100 cm³/mol. The summed E-state index contributed by atoms with van der Waals surface area (Å²) in [6.45, 7) is 2.12. The van der Waals surface area contributed by atoms with Gasteiger partial charge in [0.1, 0.15) is 12.4 Å². The zero-order valence-corrected chi connectivity index (χ0v) is 16.1. The van der Waals surface area contributed by atoms with Crippen LogP contribution in [0.4, 0.5) is 0 Å². The van der Waals surface area contributed by atoms with Crippen LogP contribution in [0.5, 0.6) is 5.75 Å². The normalized spacial score (nSPS) is 24.1. The molecule has 0 bridgehead atoms. The number of aliphatic hydroxyl groups excluding tert-OH is 1. The Hall–Kier alpha value is -2.12. The van der Waals surface area contributed by atoms with E-state index in [1.54, 1.807) is 6.92 Å². The molecule has 1 heterocycles. The van der Waals surface area contributed by atoms with E-state index in [4.69, 9.17) is 19.3 Å². The summed E-state index contributed by atoms with van der Waals surface area (Å²) in [5, 5.41) is 18.1. The molecule has 28 heavy (non-hydrogen) atoms. The van der Waals surface area contributed by atoms with Crippen molar-refractivity contribution in [3.8, 4) is 5.75 Å². The molecular formula is C21H28O7. The molecule has 154 valence electrons. The van der Waals surface area contributed by atoms with Gasteiger partial charge in [-0.2, -0.15) is 0 Å². The predicted octanol–water partition coefficient (Wildman–Crippen LogP) is 1.97. The molecule has 0 saturated carbocycles. The number of aliphatic hydroxyl groups is 1. The van der Waals surface area contributed by atoms with Crippen LogP contribution in [0.25, 0.3) is 0 Å². The topological polar surface area (TPSA) is 102 Å². The van der Waals surface area contributed by atoms with Crippen LogP contribution in [0.3, 0.4) is 0 Å². The lowest BCUT2D eigenvalue weighted by Gasteiger charge is -2.30. The molecule has 1 aromatic rings. The van der Waals surface area contributed by atoms with Crippen LogP contribution >= 0.6 is 0 Å². The molecule has 2 N–H and O–H groups in total. The molecule has 0 amide bonds. The molecule has 1 aliphatic heterocycles. The Labute approximate surface area is 164 Å². The van der Waals surface area contributed by atoms with E-state index < -0.39 is 11.9 Å². The van der Waals surface area contributed by atoms with Crippen molar-refractivity contribution in [2.45, 2.75) is 51.2 Å². The number of carbonyl (C=O) groups excluding carboxylic acids is 1. The number of benzene rings is 1. The highest BCUT2D eigenvalue weighted by Gasteiger charge is 2.40. The lowest BCUT2D eigenvalue weighted by Crippen LogP contribution is -2.29. The molecule has 1 saturated heterocycles. The number of aliphatic carboxylic acids is 1.